The molecule has 2 heterocycles. The highest BCUT2D eigenvalue weighted by atomic mass is 19.2. The molecule has 19 heavy (non-hydrogen) atoms. The third-order valence-electron chi connectivity index (χ3n) is 3.83. The molecule has 5 heteroatoms. The molecular weight excluding hydrogens is 250 g/mol. The number of nitrogens with one attached hydrogen (secondary N) is 1. The molecule has 1 fully saturated rings. The molecule has 0 amide bonds. The van der Waals surface area contributed by atoms with E-state index in [4.69, 9.17) is 0 Å². The number of nitrogens with zero attached hydrogens (tertiary/aromatic N) is 1. The molecule has 3 rings (SSSR count). The molecule has 2 aromatic rings. The van der Waals surface area contributed by atoms with Crippen LogP contribution in [0.2, 0.25) is 0 Å². The topological polar surface area (TPSA) is 36.1 Å². The molecule has 0 radical (unpaired) electrons. The number of ketones is 1. The number of rotatable bonds is 2. The fourth-order valence-corrected chi connectivity index (χ4v) is 2.76. The second-order valence-electron chi connectivity index (χ2n) is 4.99. The maximum Gasteiger partial charge on any atom is 0.182 e. The van der Waals surface area contributed by atoms with Crippen molar-refractivity contribution in [1.29, 1.82) is 0 Å². The first-order valence-corrected chi connectivity index (χ1v) is 6.29. The second-order valence-corrected chi connectivity index (χ2v) is 4.99. The van der Waals surface area contributed by atoms with Gasteiger partial charge in [-0.05, 0) is 38.6 Å². The number of likely N-dealkylation sites (N-methyl/N-ethyl adjacent to an activating group) is 1. The number of H-pyrrole nitrogens is 1. The van der Waals surface area contributed by atoms with Crippen LogP contribution in [0.5, 0.6) is 0 Å². The van der Waals surface area contributed by atoms with Crippen LogP contribution in [0.3, 0.4) is 0 Å². The van der Waals surface area contributed by atoms with E-state index in [1.165, 1.54) is 12.3 Å². The Morgan fingerprint density at radius 2 is 2.21 bits per heavy atom. The largest absolute Gasteiger partial charge is 0.358 e. The molecule has 0 spiro atoms. The number of carbonyl (C=O) groups excluding carboxylic acids is 1. The van der Waals surface area contributed by atoms with Crippen molar-refractivity contribution < 1.29 is 13.6 Å². The zero-order valence-electron chi connectivity index (χ0n) is 10.5. The number of halogens is 2. The predicted octanol–water partition coefficient (Wildman–Crippen LogP) is 2.72. The van der Waals surface area contributed by atoms with Gasteiger partial charge >= 0.3 is 0 Å². The second kappa shape index (κ2) is 4.42. The van der Waals surface area contributed by atoms with E-state index >= 15 is 0 Å². The summed E-state index contributed by atoms with van der Waals surface area (Å²) in [6.45, 7) is 0.891. The SMILES string of the molecule is CN1CCC[C@H]1C(=O)c1c[nH]c2c(F)c(F)ccc12. The zero-order valence-corrected chi connectivity index (χ0v) is 10.5. The van der Waals surface area contributed by atoms with Crippen LogP contribution in [-0.2, 0) is 0 Å². The lowest BCUT2D eigenvalue weighted by molar-refractivity contribution is 0.0892. The monoisotopic (exact) mass is 264 g/mol. The number of Topliss-reactive ketones (excluding diaryl/α,β-unsaturated/α-hetero) is 1. The minimum atomic E-state index is -0.934. The number of likely N-dealkylation sites (tertiary alicyclic amines) is 1. The average Bonchev–Trinajstić information content (AvgIpc) is 2.99. The number of hydrogen-bond acceptors (Lipinski definition) is 2. The molecular formula is C14H14F2N2O. The summed E-state index contributed by atoms with van der Waals surface area (Å²) in [6.07, 6.45) is 3.27. The molecule has 1 atom stereocenters. The molecule has 0 unspecified atom stereocenters. The molecule has 1 aliphatic heterocycles. The van der Waals surface area contributed by atoms with Gasteiger partial charge in [-0.2, -0.15) is 0 Å². The molecule has 1 aromatic carbocycles. The number of aromatic nitrogens is 1. The smallest absolute Gasteiger partial charge is 0.182 e. The lowest BCUT2D eigenvalue weighted by Gasteiger charge is -2.17. The van der Waals surface area contributed by atoms with Crippen LogP contribution in [0.1, 0.15) is 23.2 Å². The zero-order chi connectivity index (χ0) is 13.6. The Hall–Kier alpha value is -1.75. The third-order valence-corrected chi connectivity index (χ3v) is 3.83. The molecule has 1 N–H and O–H groups in total. The fourth-order valence-electron chi connectivity index (χ4n) is 2.76. The highest BCUT2D eigenvalue weighted by Crippen LogP contribution is 2.27. The summed E-state index contributed by atoms with van der Waals surface area (Å²) in [5.74, 6) is -1.88. The van der Waals surface area contributed by atoms with E-state index in [2.05, 4.69) is 4.98 Å². The molecule has 3 nitrogen and oxygen atoms in total. The summed E-state index contributed by atoms with van der Waals surface area (Å²) in [7, 11) is 1.91. The van der Waals surface area contributed by atoms with Crippen LogP contribution in [0, 0.1) is 11.6 Å². The number of fused-ring (bicyclic) bond motifs is 1. The Bertz CT molecular complexity index is 650. The van der Waals surface area contributed by atoms with E-state index in [0.717, 1.165) is 25.5 Å². The minimum Gasteiger partial charge on any atom is -0.358 e. The van der Waals surface area contributed by atoms with E-state index in [1.54, 1.807) is 0 Å². The molecule has 0 saturated carbocycles. The van der Waals surface area contributed by atoms with E-state index < -0.39 is 11.6 Å². The Labute approximate surface area is 109 Å². The van der Waals surface area contributed by atoms with E-state index in [-0.39, 0.29) is 17.3 Å². The van der Waals surface area contributed by atoms with E-state index in [9.17, 15) is 13.6 Å². The van der Waals surface area contributed by atoms with Gasteiger partial charge in [-0.3, -0.25) is 9.69 Å². The van der Waals surface area contributed by atoms with Crippen molar-refractivity contribution in [2.75, 3.05) is 13.6 Å². The standard InChI is InChI=1S/C14H14F2N2O/c1-18-6-2-3-11(18)14(19)9-7-17-13-8(9)4-5-10(15)12(13)16/h4-5,7,11,17H,2-3,6H2,1H3/t11-/m0/s1. The predicted molar refractivity (Wildman–Crippen MR) is 68.2 cm³/mol. The molecule has 1 aliphatic rings. The van der Waals surface area contributed by atoms with Gasteiger partial charge in [-0.25, -0.2) is 8.78 Å². The Kier molecular flexibility index (Phi) is 2.86. The molecule has 1 aromatic heterocycles. The van der Waals surface area contributed by atoms with Crippen LogP contribution in [-0.4, -0.2) is 35.3 Å². The van der Waals surface area contributed by atoms with Gasteiger partial charge in [-0.1, -0.05) is 0 Å². The van der Waals surface area contributed by atoms with Gasteiger partial charge in [0.05, 0.1) is 11.6 Å². The average molecular weight is 264 g/mol. The van der Waals surface area contributed by atoms with Gasteiger partial charge < -0.3 is 4.98 Å². The van der Waals surface area contributed by atoms with Gasteiger partial charge in [0.1, 0.15) is 0 Å². The molecule has 100 valence electrons. The summed E-state index contributed by atoms with van der Waals surface area (Å²) in [5.41, 5.74) is 0.497. The molecule has 0 aliphatic carbocycles. The fraction of sp³-hybridized carbons (Fsp3) is 0.357. The van der Waals surface area contributed by atoms with Crippen LogP contribution >= 0.6 is 0 Å². The van der Waals surface area contributed by atoms with Crippen molar-refractivity contribution in [1.82, 2.24) is 9.88 Å². The van der Waals surface area contributed by atoms with Crippen molar-refractivity contribution >= 4 is 16.7 Å². The Balaban J connectivity index is 2.06. The van der Waals surface area contributed by atoms with E-state index in [0.29, 0.717) is 10.9 Å². The van der Waals surface area contributed by atoms with Gasteiger partial charge in [-0.15, -0.1) is 0 Å². The van der Waals surface area contributed by atoms with Crippen molar-refractivity contribution in [3.05, 3.63) is 35.5 Å². The lowest BCUT2D eigenvalue weighted by atomic mass is 10.0. The summed E-state index contributed by atoms with van der Waals surface area (Å²) in [4.78, 5) is 17.1. The summed E-state index contributed by atoms with van der Waals surface area (Å²) in [5, 5.41) is 0.448. The summed E-state index contributed by atoms with van der Waals surface area (Å²) < 4.78 is 26.7. The summed E-state index contributed by atoms with van der Waals surface area (Å²) >= 11 is 0. The van der Waals surface area contributed by atoms with Crippen molar-refractivity contribution in [2.24, 2.45) is 0 Å². The van der Waals surface area contributed by atoms with Crippen molar-refractivity contribution in [3.8, 4) is 0 Å². The van der Waals surface area contributed by atoms with Gasteiger partial charge in [0.15, 0.2) is 17.4 Å². The lowest BCUT2D eigenvalue weighted by Crippen LogP contribution is -2.32. The van der Waals surface area contributed by atoms with Crippen LogP contribution < -0.4 is 0 Å². The third kappa shape index (κ3) is 1.85. The normalized spacial score (nSPS) is 20.3. The number of carbonyl (C=O) groups is 1. The molecule has 1 saturated heterocycles. The van der Waals surface area contributed by atoms with Crippen molar-refractivity contribution in [3.63, 3.8) is 0 Å². The molecule has 0 bridgehead atoms. The number of hydrogen-bond donors (Lipinski definition) is 1. The first-order chi connectivity index (χ1) is 9.09. The quantitative estimate of drug-likeness (QED) is 0.847. The van der Waals surface area contributed by atoms with Gasteiger partial charge in [0.25, 0.3) is 0 Å². The summed E-state index contributed by atoms with van der Waals surface area (Å²) in [6, 6.07) is 2.35. The Morgan fingerprint density at radius 3 is 2.89 bits per heavy atom. The first-order valence-electron chi connectivity index (χ1n) is 6.29. The van der Waals surface area contributed by atoms with Crippen molar-refractivity contribution in [2.45, 2.75) is 18.9 Å². The number of aromatic amines is 1. The number of benzene rings is 1. The maximum absolute atomic E-state index is 13.6. The highest BCUT2D eigenvalue weighted by molar-refractivity contribution is 6.10. The minimum absolute atomic E-state index is 0.0303. The van der Waals surface area contributed by atoms with Gasteiger partial charge in [0.2, 0.25) is 0 Å². The van der Waals surface area contributed by atoms with Crippen LogP contribution in [0.15, 0.2) is 18.3 Å². The van der Waals surface area contributed by atoms with E-state index in [1.807, 2.05) is 11.9 Å². The first kappa shape index (κ1) is 12.3. The highest BCUT2D eigenvalue weighted by Gasteiger charge is 2.30. The van der Waals surface area contributed by atoms with Gasteiger partial charge in [0, 0.05) is 17.1 Å². The Morgan fingerprint density at radius 1 is 1.42 bits per heavy atom. The van der Waals surface area contributed by atoms with Crippen LogP contribution in [0.4, 0.5) is 8.78 Å². The van der Waals surface area contributed by atoms with Crippen LogP contribution in [0.25, 0.3) is 10.9 Å². The maximum atomic E-state index is 13.6.